The van der Waals surface area contributed by atoms with E-state index in [0.717, 1.165) is 22.7 Å². The fourth-order valence-electron chi connectivity index (χ4n) is 1.62. The summed E-state index contributed by atoms with van der Waals surface area (Å²) in [6, 6.07) is 7.84. The second kappa shape index (κ2) is 6.31. The van der Waals surface area contributed by atoms with Gasteiger partial charge in [0.05, 0.1) is 16.6 Å². The molecule has 1 N–H and O–H groups in total. The van der Waals surface area contributed by atoms with Crippen LogP contribution in [0.15, 0.2) is 45.3 Å². The highest BCUT2D eigenvalue weighted by atomic mass is 79.9. The fourth-order valence-corrected chi connectivity index (χ4v) is 2.85. The van der Waals surface area contributed by atoms with E-state index in [2.05, 4.69) is 37.2 Å². The largest absolute Gasteiger partial charge is 0.316 e. The lowest BCUT2D eigenvalue weighted by Crippen LogP contribution is -2.13. The average molecular weight is 418 g/mol. The lowest BCUT2D eigenvalue weighted by Gasteiger charge is -2.08. The number of carbonyl (C=O) groups excluding carboxylic acids is 1. The maximum Gasteiger partial charge on any atom is 0.295 e. The van der Waals surface area contributed by atoms with Gasteiger partial charge in [0.25, 0.3) is 11.6 Å². The van der Waals surface area contributed by atoms with Gasteiger partial charge < -0.3 is 5.32 Å². The summed E-state index contributed by atoms with van der Waals surface area (Å²) < 4.78 is 14.4. The number of nitrogens with one attached hydrogen (secondary N) is 1. The highest BCUT2D eigenvalue weighted by molar-refractivity contribution is 9.11. The summed E-state index contributed by atoms with van der Waals surface area (Å²) in [5.41, 5.74) is -0.269. The van der Waals surface area contributed by atoms with E-state index in [-0.39, 0.29) is 5.69 Å². The summed E-state index contributed by atoms with van der Waals surface area (Å²) in [5.74, 6) is -1.28. The number of carbonyl (C=O) groups is 1. The van der Waals surface area contributed by atoms with Gasteiger partial charge in [-0.05, 0) is 46.3 Å². The summed E-state index contributed by atoms with van der Waals surface area (Å²) in [5, 5.41) is 13.3. The Morgan fingerprint density at radius 3 is 2.52 bits per heavy atom. The highest BCUT2D eigenvalue weighted by Gasteiger charge is 2.18. The Morgan fingerprint density at radius 1 is 1.19 bits per heavy atom. The molecule has 0 saturated carbocycles. The van der Waals surface area contributed by atoms with Crippen LogP contribution in [0.3, 0.4) is 0 Å². The Balaban J connectivity index is 2.34. The third-order valence-electron chi connectivity index (χ3n) is 2.58. The van der Waals surface area contributed by atoms with Gasteiger partial charge in [-0.2, -0.15) is 0 Å². The lowest BCUT2D eigenvalue weighted by molar-refractivity contribution is -0.384. The Hall–Kier alpha value is -1.80. The van der Waals surface area contributed by atoms with Crippen LogP contribution in [-0.4, -0.2) is 10.8 Å². The van der Waals surface area contributed by atoms with Crippen LogP contribution in [0.2, 0.25) is 0 Å². The number of hydrogen-bond donors (Lipinski definition) is 1. The van der Waals surface area contributed by atoms with Crippen LogP contribution in [0.5, 0.6) is 0 Å². The summed E-state index contributed by atoms with van der Waals surface area (Å²) in [4.78, 5) is 22.3. The van der Waals surface area contributed by atoms with Gasteiger partial charge in [0.15, 0.2) is 0 Å². The highest BCUT2D eigenvalue weighted by Crippen LogP contribution is 2.27. The predicted octanol–water partition coefficient (Wildman–Crippen LogP) is 4.51. The monoisotopic (exact) mass is 416 g/mol. The molecule has 0 heterocycles. The minimum absolute atomic E-state index is 0.0683. The first-order valence-corrected chi connectivity index (χ1v) is 7.17. The molecule has 0 aliphatic carbocycles. The van der Waals surface area contributed by atoms with Gasteiger partial charge in [-0.1, -0.05) is 15.9 Å². The molecule has 2 rings (SSSR count). The first-order chi connectivity index (χ1) is 9.88. The first-order valence-electron chi connectivity index (χ1n) is 5.59. The normalized spacial score (nSPS) is 10.2. The predicted molar refractivity (Wildman–Crippen MR) is 82.8 cm³/mol. The van der Waals surface area contributed by atoms with Crippen LogP contribution in [0.1, 0.15) is 10.4 Å². The van der Waals surface area contributed by atoms with Crippen molar-refractivity contribution in [2.75, 3.05) is 5.32 Å². The molecule has 0 saturated heterocycles. The van der Waals surface area contributed by atoms with Crippen LogP contribution >= 0.6 is 31.9 Å². The van der Waals surface area contributed by atoms with Crippen molar-refractivity contribution < 1.29 is 14.1 Å². The summed E-state index contributed by atoms with van der Waals surface area (Å²) in [6.07, 6.45) is 0. The molecule has 8 heteroatoms. The van der Waals surface area contributed by atoms with E-state index in [0.29, 0.717) is 10.0 Å². The molecule has 0 bridgehead atoms. The fraction of sp³-hybridized carbons (Fsp3) is 0. The Kier molecular flexibility index (Phi) is 4.69. The molecule has 0 aliphatic heterocycles. The Morgan fingerprint density at radius 2 is 1.90 bits per heavy atom. The van der Waals surface area contributed by atoms with Gasteiger partial charge in [-0.15, -0.1) is 0 Å². The van der Waals surface area contributed by atoms with Crippen LogP contribution in [0, 0.1) is 15.9 Å². The number of hydrogen-bond acceptors (Lipinski definition) is 3. The van der Waals surface area contributed by atoms with Crippen LogP contribution < -0.4 is 5.32 Å². The summed E-state index contributed by atoms with van der Waals surface area (Å²) in [7, 11) is 0. The third kappa shape index (κ3) is 3.64. The van der Waals surface area contributed by atoms with Crippen LogP contribution in [0.25, 0.3) is 0 Å². The van der Waals surface area contributed by atoms with E-state index in [4.69, 9.17) is 0 Å². The van der Waals surface area contributed by atoms with Gasteiger partial charge in [0.2, 0.25) is 0 Å². The van der Waals surface area contributed by atoms with Crippen molar-refractivity contribution in [3.8, 4) is 0 Å². The zero-order valence-corrected chi connectivity index (χ0v) is 13.4. The zero-order valence-electron chi connectivity index (χ0n) is 10.3. The molecule has 0 fully saturated rings. The van der Waals surface area contributed by atoms with Crippen LogP contribution in [0.4, 0.5) is 15.8 Å². The van der Waals surface area contributed by atoms with E-state index in [9.17, 15) is 19.3 Å². The lowest BCUT2D eigenvalue weighted by atomic mass is 10.2. The van der Waals surface area contributed by atoms with Crippen molar-refractivity contribution in [2.24, 2.45) is 0 Å². The molecular weight excluding hydrogens is 411 g/mol. The molecule has 0 aromatic heterocycles. The summed E-state index contributed by atoms with van der Waals surface area (Å²) >= 11 is 6.49. The maximum atomic E-state index is 13.0. The SMILES string of the molecule is O=C(Nc1ccc(F)cc1[N+](=O)[O-])c1ccc(Br)cc1Br. The molecule has 0 spiro atoms. The van der Waals surface area contributed by atoms with E-state index >= 15 is 0 Å². The van der Waals surface area contributed by atoms with Crippen molar-refractivity contribution in [1.82, 2.24) is 0 Å². The smallest absolute Gasteiger partial charge is 0.295 e. The minimum Gasteiger partial charge on any atom is -0.316 e. The molecule has 5 nitrogen and oxygen atoms in total. The molecule has 108 valence electrons. The molecule has 0 radical (unpaired) electrons. The van der Waals surface area contributed by atoms with Gasteiger partial charge in [-0.3, -0.25) is 14.9 Å². The Labute approximate surface area is 135 Å². The van der Waals surface area contributed by atoms with E-state index in [1.807, 2.05) is 0 Å². The summed E-state index contributed by atoms with van der Waals surface area (Å²) in [6.45, 7) is 0. The van der Waals surface area contributed by atoms with Crippen molar-refractivity contribution >= 4 is 49.1 Å². The number of rotatable bonds is 3. The zero-order chi connectivity index (χ0) is 15.6. The molecule has 0 aliphatic rings. The van der Waals surface area contributed by atoms with Crippen molar-refractivity contribution in [2.45, 2.75) is 0 Å². The number of nitro groups is 1. The number of anilines is 1. The second-order valence-corrected chi connectivity index (χ2v) is 5.77. The van der Waals surface area contributed by atoms with Crippen molar-refractivity contribution in [3.05, 3.63) is 66.8 Å². The minimum atomic E-state index is -0.755. The van der Waals surface area contributed by atoms with Gasteiger partial charge in [0, 0.05) is 8.95 Å². The maximum absolute atomic E-state index is 13.0. The van der Waals surface area contributed by atoms with E-state index in [1.54, 1.807) is 18.2 Å². The molecule has 2 aromatic rings. The van der Waals surface area contributed by atoms with E-state index < -0.39 is 22.3 Å². The quantitative estimate of drug-likeness (QED) is 0.589. The van der Waals surface area contributed by atoms with Crippen molar-refractivity contribution in [3.63, 3.8) is 0 Å². The topological polar surface area (TPSA) is 72.2 Å². The number of halogens is 3. The molecule has 2 aromatic carbocycles. The molecule has 1 amide bonds. The molecule has 0 atom stereocenters. The Bertz CT molecular complexity index is 737. The molecule has 21 heavy (non-hydrogen) atoms. The standard InChI is InChI=1S/C13H7Br2FN2O3/c14-7-1-3-9(10(15)5-7)13(19)17-11-4-2-8(16)6-12(11)18(20)21/h1-6H,(H,17,19). The molecule has 0 unspecified atom stereocenters. The second-order valence-electron chi connectivity index (χ2n) is 4.00. The van der Waals surface area contributed by atoms with Gasteiger partial charge in [-0.25, -0.2) is 4.39 Å². The van der Waals surface area contributed by atoms with Crippen molar-refractivity contribution in [1.29, 1.82) is 0 Å². The number of benzene rings is 2. The number of nitro benzene ring substituents is 1. The molecular formula is C13H7Br2FN2O3. The third-order valence-corrected chi connectivity index (χ3v) is 3.73. The van der Waals surface area contributed by atoms with Gasteiger partial charge in [0.1, 0.15) is 11.5 Å². The number of nitrogens with zero attached hydrogens (tertiary/aromatic N) is 1. The number of amides is 1. The average Bonchev–Trinajstić information content (AvgIpc) is 2.40. The van der Waals surface area contributed by atoms with Crippen LogP contribution in [-0.2, 0) is 0 Å². The van der Waals surface area contributed by atoms with Gasteiger partial charge >= 0.3 is 0 Å². The first kappa shape index (κ1) is 15.6. The van der Waals surface area contributed by atoms with E-state index in [1.165, 1.54) is 0 Å².